The summed E-state index contributed by atoms with van der Waals surface area (Å²) in [5.74, 6) is 0. The monoisotopic (exact) mass is 428 g/mol. The minimum atomic E-state index is -0.0844. The zero-order chi connectivity index (χ0) is 21.2. The molecule has 1 fully saturated rings. The van der Waals surface area contributed by atoms with Crippen LogP contribution >= 0.6 is 11.6 Å². The Labute approximate surface area is 187 Å². The van der Waals surface area contributed by atoms with Gasteiger partial charge in [0.15, 0.2) is 0 Å². The van der Waals surface area contributed by atoms with Crippen molar-refractivity contribution in [1.82, 2.24) is 9.88 Å². The number of nitrogens with one attached hydrogen (secondary N) is 1. The molecule has 31 heavy (non-hydrogen) atoms. The molecule has 0 aliphatic carbocycles. The van der Waals surface area contributed by atoms with E-state index in [1.54, 1.807) is 0 Å². The van der Waals surface area contributed by atoms with Crippen LogP contribution in [-0.4, -0.2) is 23.0 Å². The van der Waals surface area contributed by atoms with Crippen LogP contribution in [0.2, 0.25) is 5.02 Å². The fourth-order valence-electron chi connectivity index (χ4n) is 4.48. The number of aromatic nitrogens is 1. The second-order valence-electron chi connectivity index (χ2n) is 8.36. The Kier molecular flexibility index (Phi) is 5.63. The fraction of sp³-hybridized carbons (Fsp3) is 0.222. The first-order chi connectivity index (χ1) is 15.2. The van der Waals surface area contributed by atoms with E-state index in [1.807, 2.05) is 42.5 Å². The quantitative estimate of drug-likeness (QED) is 0.402. The Morgan fingerprint density at radius 1 is 0.806 bits per heavy atom. The maximum Gasteiger partial charge on any atom is 0.256 e. The fourth-order valence-corrected chi connectivity index (χ4v) is 4.67. The van der Waals surface area contributed by atoms with Gasteiger partial charge in [-0.3, -0.25) is 9.69 Å². The van der Waals surface area contributed by atoms with Gasteiger partial charge in [0.25, 0.3) is 5.56 Å². The van der Waals surface area contributed by atoms with Gasteiger partial charge in [0.05, 0.1) is 0 Å². The third-order valence-electron chi connectivity index (χ3n) is 6.10. The lowest BCUT2D eigenvalue weighted by molar-refractivity contribution is 0.221. The highest BCUT2D eigenvalue weighted by atomic mass is 35.5. The van der Waals surface area contributed by atoms with E-state index >= 15 is 0 Å². The number of pyridine rings is 1. The standard InChI is InChI=1S/C27H25ClN2O/c28-24-9-5-8-23(15-24)26-17-22-11-10-21(16-25(22)27(31)29-26)20-7-4-6-19(14-20)18-30-12-2-1-3-13-30/h4-11,14-17H,1-3,12-13,18H2,(H,29,31). The number of hydrogen-bond acceptors (Lipinski definition) is 2. The Morgan fingerprint density at radius 2 is 1.58 bits per heavy atom. The van der Waals surface area contributed by atoms with Crippen molar-refractivity contribution in [2.45, 2.75) is 25.8 Å². The molecule has 2 heterocycles. The number of benzene rings is 3. The van der Waals surface area contributed by atoms with Crippen LogP contribution in [-0.2, 0) is 6.54 Å². The summed E-state index contributed by atoms with van der Waals surface area (Å²) in [6.07, 6.45) is 3.94. The Bertz CT molecular complexity index is 1290. The van der Waals surface area contributed by atoms with Gasteiger partial charge in [-0.15, -0.1) is 0 Å². The van der Waals surface area contributed by atoms with E-state index < -0.39 is 0 Å². The van der Waals surface area contributed by atoms with Crippen molar-refractivity contribution < 1.29 is 0 Å². The third kappa shape index (κ3) is 4.43. The zero-order valence-electron chi connectivity index (χ0n) is 17.4. The highest BCUT2D eigenvalue weighted by Gasteiger charge is 2.11. The van der Waals surface area contributed by atoms with Gasteiger partial charge in [0.1, 0.15) is 0 Å². The van der Waals surface area contributed by atoms with Crippen molar-refractivity contribution in [3.8, 4) is 22.4 Å². The number of aromatic amines is 1. The molecule has 0 radical (unpaired) electrons. The lowest BCUT2D eigenvalue weighted by Gasteiger charge is -2.26. The Morgan fingerprint density at radius 3 is 2.42 bits per heavy atom. The first-order valence-corrected chi connectivity index (χ1v) is 11.3. The molecule has 3 aromatic carbocycles. The normalized spacial score (nSPS) is 14.7. The predicted octanol–water partition coefficient (Wildman–Crippen LogP) is 6.50. The Hall–Kier alpha value is -2.88. The largest absolute Gasteiger partial charge is 0.321 e. The number of nitrogens with zero attached hydrogens (tertiary/aromatic N) is 1. The van der Waals surface area contributed by atoms with Crippen LogP contribution in [0.25, 0.3) is 33.2 Å². The van der Waals surface area contributed by atoms with Crippen LogP contribution < -0.4 is 5.56 Å². The number of H-pyrrole nitrogens is 1. The van der Waals surface area contributed by atoms with E-state index in [9.17, 15) is 4.79 Å². The zero-order valence-corrected chi connectivity index (χ0v) is 18.2. The van der Waals surface area contributed by atoms with Gasteiger partial charge in [0.2, 0.25) is 0 Å². The number of likely N-dealkylation sites (tertiary alicyclic amines) is 1. The number of rotatable bonds is 4. The molecule has 0 unspecified atom stereocenters. The molecule has 4 heteroatoms. The van der Waals surface area contributed by atoms with E-state index in [0.29, 0.717) is 10.4 Å². The predicted molar refractivity (Wildman–Crippen MR) is 130 cm³/mol. The SMILES string of the molecule is O=c1[nH]c(-c2cccc(Cl)c2)cc2ccc(-c3cccc(CN4CCCCC4)c3)cc12. The average Bonchev–Trinajstić information content (AvgIpc) is 2.80. The number of halogens is 1. The van der Waals surface area contributed by atoms with Gasteiger partial charge in [-0.25, -0.2) is 0 Å². The molecule has 1 aliphatic heterocycles. The molecule has 3 nitrogen and oxygen atoms in total. The topological polar surface area (TPSA) is 36.1 Å². The van der Waals surface area contributed by atoms with Crippen LogP contribution in [0.4, 0.5) is 0 Å². The lowest BCUT2D eigenvalue weighted by Crippen LogP contribution is -2.29. The van der Waals surface area contributed by atoms with Crippen LogP contribution in [0, 0.1) is 0 Å². The van der Waals surface area contributed by atoms with Gasteiger partial charge < -0.3 is 4.98 Å². The number of piperidine rings is 1. The molecule has 1 N–H and O–H groups in total. The molecule has 1 aliphatic rings. The van der Waals surface area contributed by atoms with Crippen LogP contribution in [0.5, 0.6) is 0 Å². The summed E-state index contributed by atoms with van der Waals surface area (Å²) in [5.41, 5.74) is 5.13. The number of hydrogen-bond donors (Lipinski definition) is 1. The third-order valence-corrected chi connectivity index (χ3v) is 6.33. The van der Waals surface area contributed by atoms with Gasteiger partial charge in [-0.2, -0.15) is 0 Å². The van der Waals surface area contributed by atoms with E-state index in [1.165, 1.54) is 37.9 Å². The maximum absolute atomic E-state index is 12.9. The minimum absolute atomic E-state index is 0.0844. The summed E-state index contributed by atoms with van der Waals surface area (Å²) >= 11 is 6.12. The molecule has 0 saturated carbocycles. The number of fused-ring (bicyclic) bond motifs is 1. The second-order valence-corrected chi connectivity index (χ2v) is 8.80. The van der Waals surface area contributed by atoms with Crippen molar-refractivity contribution in [1.29, 1.82) is 0 Å². The van der Waals surface area contributed by atoms with Gasteiger partial charge >= 0.3 is 0 Å². The molecular formula is C27H25ClN2O. The summed E-state index contributed by atoms with van der Waals surface area (Å²) < 4.78 is 0. The van der Waals surface area contributed by atoms with Crippen LogP contribution in [0.15, 0.2) is 77.6 Å². The smallest absolute Gasteiger partial charge is 0.256 e. The first-order valence-electron chi connectivity index (χ1n) is 10.9. The van der Waals surface area contributed by atoms with Gasteiger partial charge in [0, 0.05) is 22.6 Å². The summed E-state index contributed by atoms with van der Waals surface area (Å²) in [5, 5.41) is 2.27. The van der Waals surface area contributed by atoms with Crippen molar-refractivity contribution in [3.05, 3.63) is 93.7 Å². The molecule has 5 rings (SSSR count). The molecule has 4 aromatic rings. The minimum Gasteiger partial charge on any atom is -0.321 e. The molecule has 0 atom stereocenters. The van der Waals surface area contributed by atoms with Crippen LogP contribution in [0.1, 0.15) is 24.8 Å². The molecule has 1 saturated heterocycles. The van der Waals surface area contributed by atoms with Gasteiger partial charge in [-0.1, -0.05) is 60.5 Å². The second kappa shape index (κ2) is 8.70. The average molecular weight is 429 g/mol. The molecular weight excluding hydrogens is 404 g/mol. The summed E-state index contributed by atoms with van der Waals surface area (Å²) in [7, 11) is 0. The molecule has 156 valence electrons. The summed E-state index contributed by atoms with van der Waals surface area (Å²) in [6, 6.07) is 24.4. The maximum atomic E-state index is 12.9. The summed E-state index contributed by atoms with van der Waals surface area (Å²) in [4.78, 5) is 18.4. The highest BCUT2D eigenvalue weighted by Crippen LogP contribution is 2.27. The highest BCUT2D eigenvalue weighted by molar-refractivity contribution is 6.30. The first kappa shape index (κ1) is 20.0. The summed E-state index contributed by atoms with van der Waals surface area (Å²) in [6.45, 7) is 3.36. The van der Waals surface area contributed by atoms with E-state index in [2.05, 4.69) is 40.2 Å². The van der Waals surface area contributed by atoms with E-state index in [0.717, 1.165) is 34.3 Å². The Balaban J connectivity index is 1.47. The molecule has 0 bridgehead atoms. The van der Waals surface area contributed by atoms with E-state index in [4.69, 9.17) is 11.6 Å². The van der Waals surface area contributed by atoms with E-state index in [-0.39, 0.29) is 5.56 Å². The molecule has 1 aromatic heterocycles. The van der Waals surface area contributed by atoms with Crippen molar-refractivity contribution in [2.24, 2.45) is 0 Å². The van der Waals surface area contributed by atoms with Crippen molar-refractivity contribution in [3.63, 3.8) is 0 Å². The van der Waals surface area contributed by atoms with Gasteiger partial charge in [-0.05, 0) is 83.9 Å². The van der Waals surface area contributed by atoms with Crippen molar-refractivity contribution >= 4 is 22.4 Å². The lowest BCUT2D eigenvalue weighted by atomic mass is 9.99. The van der Waals surface area contributed by atoms with Crippen LogP contribution in [0.3, 0.4) is 0 Å². The molecule has 0 spiro atoms. The molecule has 0 amide bonds. The van der Waals surface area contributed by atoms with Crippen molar-refractivity contribution in [2.75, 3.05) is 13.1 Å².